The van der Waals surface area contributed by atoms with Crippen LogP contribution in [0.3, 0.4) is 0 Å². The minimum absolute atomic E-state index is 0.0260. The number of allylic oxidation sites excluding steroid dienone is 1. The molecule has 3 rings (SSSR count). The molecule has 0 radical (unpaired) electrons. The summed E-state index contributed by atoms with van der Waals surface area (Å²) in [5.74, 6) is -1.83. The first-order chi connectivity index (χ1) is 13.9. The Morgan fingerprint density at radius 2 is 2.10 bits per heavy atom. The van der Waals surface area contributed by atoms with Gasteiger partial charge in [0.25, 0.3) is 0 Å². The number of hydrogen-bond donors (Lipinski definition) is 2. The fraction of sp³-hybridized carbons (Fsp3) is 0.190. The number of halogens is 2. The molecule has 8 heteroatoms. The van der Waals surface area contributed by atoms with Gasteiger partial charge in [0.2, 0.25) is 11.8 Å². The molecular formula is C21H17ClFN3O2S. The average molecular weight is 430 g/mol. The summed E-state index contributed by atoms with van der Waals surface area (Å²) in [6.45, 7) is 1.79. The van der Waals surface area contributed by atoms with Crippen LogP contribution in [0.25, 0.3) is 0 Å². The molecule has 1 aliphatic heterocycles. The van der Waals surface area contributed by atoms with Gasteiger partial charge in [0.05, 0.1) is 22.4 Å². The van der Waals surface area contributed by atoms with Crippen LogP contribution in [0, 0.1) is 24.1 Å². The highest BCUT2D eigenvalue weighted by atomic mass is 35.5. The number of nitrogens with one attached hydrogen (secondary N) is 2. The summed E-state index contributed by atoms with van der Waals surface area (Å²) < 4.78 is 14.2. The zero-order valence-electron chi connectivity index (χ0n) is 15.5. The molecule has 2 N–H and O–H groups in total. The average Bonchev–Trinajstić information content (AvgIpc) is 2.70. The van der Waals surface area contributed by atoms with Crippen molar-refractivity contribution in [3.63, 3.8) is 0 Å². The Bertz CT molecular complexity index is 1050. The van der Waals surface area contributed by atoms with Crippen LogP contribution in [0.5, 0.6) is 0 Å². The van der Waals surface area contributed by atoms with Gasteiger partial charge in [-0.05, 0) is 36.2 Å². The molecule has 0 spiro atoms. The van der Waals surface area contributed by atoms with E-state index in [2.05, 4.69) is 16.7 Å². The van der Waals surface area contributed by atoms with Crippen molar-refractivity contribution in [2.75, 3.05) is 11.1 Å². The predicted molar refractivity (Wildman–Crippen MR) is 112 cm³/mol. The van der Waals surface area contributed by atoms with Crippen molar-refractivity contribution in [1.29, 1.82) is 5.26 Å². The maximum atomic E-state index is 14.2. The zero-order chi connectivity index (χ0) is 21.0. The second-order valence-corrected chi connectivity index (χ2v) is 7.82. The normalized spacial score (nSPS) is 16.2. The molecule has 0 aliphatic carbocycles. The Balaban J connectivity index is 1.78. The first kappa shape index (κ1) is 20.9. The van der Waals surface area contributed by atoms with Crippen molar-refractivity contribution >= 4 is 40.9 Å². The summed E-state index contributed by atoms with van der Waals surface area (Å²) in [4.78, 5) is 24.5. The summed E-state index contributed by atoms with van der Waals surface area (Å²) in [6.07, 6.45) is -0.0260. The van der Waals surface area contributed by atoms with Crippen molar-refractivity contribution in [2.24, 2.45) is 0 Å². The van der Waals surface area contributed by atoms with Gasteiger partial charge in [-0.1, -0.05) is 47.6 Å². The van der Waals surface area contributed by atoms with E-state index in [0.29, 0.717) is 10.7 Å². The third-order valence-electron chi connectivity index (χ3n) is 4.53. The van der Waals surface area contributed by atoms with Crippen LogP contribution in [0.4, 0.5) is 10.1 Å². The Morgan fingerprint density at radius 1 is 1.34 bits per heavy atom. The molecule has 0 unspecified atom stereocenters. The van der Waals surface area contributed by atoms with Crippen LogP contribution < -0.4 is 10.6 Å². The number of nitrogens with zero attached hydrogens (tertiary/aromatic N) is 1. The second kappa shape index (κ2) is 9.12. The number of carbonyl (C=O) groups is 2. The monoisotopic (exact) mass is 429 g/mol. The van der Waals surface area contributed by atoms with Crippen LogP contribution in [0.1, 0.15) is 23.5 Å². The summed E-state index contributed by atoms with van der Waals surface area (Å²) in [5, 5.41) is 15.8. The second-order valence-electron chi connectivity index (χ2n) is 6.43. The Morgan fingerprint density at radius 3 is 2.83 bits per heavy atom. The summed E-state index contributed by atoms with van der Waals surface area (Å²) >= 11 is 7.09. The van der Waals surface area contributed by atoms with E-state index in [1.807, 2.05) is 0 Å². The quantitative estimate of drug-likeness (QED) is 0.733. The van der Waals surface area contributed by atoms with Gasteiger partial charge in [0.15, 0.2) is 0 Å². The lowest BCUT2D eigenvalue weighted by molar-refractivity contribution is -0.121. The molecule has 2 aromatic carbocycles. The molecule has 0 saturated heterocycles. The first-order valence-corrected chi connectivity index (χ1v) is 10.1. The van der Waals surface area contributed by atoms with Gasteiger partial charge >= 0.3 is 0 Å². The Kier molecular flexibility index (Phi) is 6.57. The molecule has 5 nitrogen and oxygen atoms in total. The molecule has 0 bridgehead atoms. The van der Waals surface area contributed by atoms with Gasteiger partial charge in [-0.25, -0.2) is 4.39 Å². The lowest BCUT2D eigenvalue weighted by atomic mass is 9.87. The minimum atomic E-state index is -0.685. The maximum Gasteiger partial charge on any atom is 0.234 e. The highest BCUT2D eigenvalue weighted by Crippen LogP contribution is 2.37. The lowest BCUT2D eigenvalue weighted by Gasteiger charge is -2.25. The number of amides is 2. The van der Waals surface area contributed by atoms with E-state index in [0.717, 1.165) is 17.3 Å². The van der Waals surface area contributed by atoms with Gasteiger partial charge in [-0.15, -0.1) is 0 Å². The van der Waals surface area contributed by atoms with Gasteiger partial charge in [0.1, 0.15) is 5.82 Å². The van der Waals surface area contributed by atoms with Gasteiger partial charge < -0.3 is 10.6 Å². The van der Waals surface area contributed by atoms with E-state index in [9.17, 15) is 19.2 Å². The Hall–Kier alpha value is -2.82. The SMILES string of the molecule is Cc1c(Cl)cccc1NC(=O)CSC1=C(C#N)[C@H](c2ccccc2F)CC(=O)N1. The van der Waals surface area contributed by atoms with Crippen LogP contribution in [0.2, 0.25) is 5.02 Å². The summed E-state index contributed by atoms with van der Waals surface area (Å²) in [6, 6.07) is 13.3. The third kappa shape index (κ3) is 4.78. The van der Waals surface area contributed by atoms with Crippen molar-refractivity contribution in [2.45, 2.75) is 19.3 Å². The number of nitriles is 1. The standard InChI is InChI=1S/C21H17ClFN3O2S/c1-12-16(22)6-4-8-18(12)25-20(28)11-29-21-15(10-24)14(9-19(27)26-21)13-5-2-3-7-17(13)23/h2-8,14H,9,11H2,1H3,(H,25,28)(H,26,27)/t14-/m0/s1. The molecular weight excluding hydrogens is 413 g/mol. The maximum absolute atomic E-state index is 14.2. The molecule has 0 aromatic heterocycles. The van der Waals surface area contributed by atoms with Crippen molar-refractivity contribution in [3.05, 3.63) is 75.0 Å². The molecule has 2 aromatic rings. The van der Waals surface area contributed by atoms with E-state index in [1.165, 1.54) is 6.07 Å². The fourth-order valence-corrected chi connectivity index (χ4v) is 4.07. The molecule has 0 fully saturated rings. The molecule has 2 amide bonds. The molecule has 29 heavy (non-hydrogen) atoms. The highest BCUT2D eigenvalue weighted by molar-refractivity contribution is 8.03. The van der Waals surface area contributed by atoms with Crippen LogP contribution in [0.15, 0.2) is 53.1 Å². The molecule has 148 valence electrons. The third-order valence-corrected chi connectivity index (χ3v) is 5.95. The number of anilines is 1. The van der Waals surface area contributed by atoms with Crippen molar-refractivity contribution in [1.82, 2.24) is 5.32 Å². The number of carbonyl (C=O) groups excluding carboxylic acids is 2. The van der Waals surface area contributed by atoms with Crippen molar-refractivity contribution in [3.8, 4) is 6.07 Å². The minimum Gasteiger partial charge on any atom is -0.325 e. The van der Waals surface area contributed by atoms with E-state index >= 15 is 0 Å². The van der Waals surface area contributed by atoms with Gasteiger partial charge in [-0.3, -0.25) is 9.59 Å². The highest BCUT2D eigenvalue weighted by Gasteiger charge is 2.31. The van der Waals surface area contributed by atoms with Gasteiger partial charge in [-0.2, -0.15) is 5.26 Å². The predicted octanol–water partition coefficient (Wildman–Crippen LogP) is 4.50. The van der Waals surface area contributed by atoms with Crippen LogP contribution in [-0.4, -0.2) is 17.6 Å². The topological polar surface area (TPSA) is 82.0 Å². The smallest absolute Gasteiger partial charge is 0.234 e. The molecule has 0 saturated carbocycles. The molecule has 1 heterocycles. The van der Waals surface area contributed by atoms with Crippen molar-refractivity contribution < 1.29 is 14.0 Å². The van der Waals surface area contributed by atoms with Crippen LogP contribution in [-0.2, 0) is 9.59 Å². The number of hydrogen-bond acceptors (Lipinski definition) is 4. The van der Waals surface area contributed by atoms with Gasteiger partial charge in [0, 0.05) is 23.0 Å². The summed E-state index contributed by atoms with van der Waals surface area (Å²) in [7, 11) is 0. The largest absolute Gasteiger partial charge is 0.325 e. The number of benzene rings is 2. The molecule has 1 atom stereocenters. The number of rotatable bonds is 5. The Labute approximate surface area is 176 Å². The summed E-state index contributed by atoms with van der Waals surface area (Å²) in [5.41, 5.74) is 1.87. The van der Waals surface area contributed by atoms with E-state index in [-0.39, 0.29) is 40.2 Å². The number of thioether (sulfide) groups is 1. The zero-order valence-corrected chi connectivity index (χ0v) is 17.0. The first-order valence-electron chi connectivity index (χ1n) is 8.77. The van der Waals surface area contributed by atoms with E-state index in [1.54, 1.807) is 43.3 Å². The lowest BCUT2D eigenvalue weighted by Crippen LogP contribution is -2.31. The van der Waals surface area contributed by atoms with Crippen LogP contribution >= 0.6 is 23.4 Å². The fourth-order valence-electron chi connectivity index (χ4n) is 3.02. The van der Waals surface area contributed by atoms with E-state index < -0.39 is 11.7 Å². The molecule has 1 aliphatic rings. The van der Waals surface area contributed by atoms with E-state index in [4.69, 9.17) is 11.6 Å².